The third kappa shape index (κ3) is 2.04. The molecule has 2 heterocycles. The average molecular weight is 277 g/mol. The van der Waals surface area contributed by atoms with Gasteiger partial charge in [-0.25, -0.2) is 8.78 Å². The highest BCUT2D eigenvalue weighted by atomic mass is 32.1. The summed E-state index contributed by atoms with van der Waals surface area (Å²) in [5.74, 6) is -1.78. The number of benzene rings is 1. The second kappa shape index (κ2) is 4.55. The van der Waals surface area contributed by atoms with Crippen LogP contribution in [0.3, 0.4) is 0 Å². The van der Waals surface area contributed by atoms with Gasteiger partial charge in [-0.05, 0) is 36.0 Å². The maximum atomic E-state index is 13.9. The summed E-state index contributed by atoms with van der Waals surface area (Å²) < 4.78 is 29.1. The number of nitrogens with zero attached hydrogens (tertiary/aromatic N) is 2. The predicted molar refractivity (Wildman–Crippen MR) is 70.4 cm³/mol. The van der Waals surface area contributed by atoms with Crippen molar-refractivity contribution in [3.05, 3.63) is 58.6 Å². The van der Waals surface area contributed by atoms with Crippen molar-refractivity contribution in [1.29, 1.82) is 0 Å². The summed E-state index contributed by atoms with van der Waals surface area (Å²) in [7, 11) is 0. The molecule has 0 saturated heterocycles. The minimum absolute atomic E-state index is 0.147. The molecular weight excluding hydrogens is 268 g/mol. The van der Waals surface area contributed by atoms with Crippen LogP contribution in [0.25, 0.3) is 11.0 Å². The summed E-state index contributed by atoms with van der Waals surface area (Å²) in [6, 6.07) is 6.19. The van der Waals surface area contributed by atoms with E-state index in [0.29, 0.717) is 16.8 Å². The van der Waals surface area contributed by atoms with Crippen molar-refractivity contribution in [2.24, 2.45) is 0 Å². The summed E-state index contributed by atoms with van der Waals surface area (Å²) in [6.07, 6.45) is 3.32. The Labute approximate surface area is 112 Å². The van der Waals surface area contributed by atoms with Crippen LogP contribution >= 0.6 is 12.2 Å². The zero-order valence-electron chi connectivity index (χ0n) is 9.73. The van der Waals surface area contributed by atoms with Crippen LogP contribution in [-0.2, 0) is 6.54 Å². The Morgan fingerprint density at radius 3 is 2.84 bits per heavy atom. The van der Waals surface area contributed by atoms with E-state index in [4.69, 9.17) is 12.2 Å². The predicted octanol–water partition coefficient (Wildman–Crippen LogP) is 3.42. The molecule has 0 aliphatic heterocycles. The molecule has 0 fully saturated rings. The number of halogens is 2. The number of nitrogens with one attached hydrogen (secondary N) is 1. The van der Waals surface area contributed by atoms with Crippen molar-refractivity contribution in [1.82, 2.24) is 14.5 Å². The Kier molecular flexibility index (Phi) is 2.87. The first kappa shape index (κ1) is 12.0. The van der Waals surface area contributed by atoms with Gasteiger partial charge in [0.2, 0.25) is 0 Å². The SMILES string of the molecule is Fc1ccc2[nH]c(=S)n(Cc3cccnc3)c2c1F. The molecule has 1 N–H and O–H groups in total. The number of hydrogen-bond acceptors (Lipinski definition) is 2. The highest BCUT2D eigenvalue weighted by Gasteiger charge is 2.13. The van der Waals surface area contributed by atoms with Gasteiger partial charge in [0.05, 0.1) is 12.1 Å². The molecule has 0 atom stereocenters. The average Bonchev–Trinajstić information content (AvgIpc) is 2.73. The number of H-pyrrole nitrogens is 1. The Balaban J connectivity index is 2.21. The molecule has 2 aromatic heterocycles. The van der Waals surface area contributed by atoms with E-state index < -0.39 is 11.6 Å². The summed E-state index contributed by atoms with van der Waals surface area (Å²) in [5.41, 5.74) is 1.49. The van der Waals surface area contributed by atoms with Crippen LogP contribution in [-0.4, -0.2) is 14.5 Å². The number of imidazole rings is 1. The van der Waals surface area contributed by atoms with Gasteiger partial charge in [-0.15, -0.1) is 0 Å². The first-order valence-electron chi connectivity index (χ1n) is 5.62. The van der Waals surface area contributed by atoms with Crippen LogP contribution in [0.1, 0.15) is 5.56 Å². The fourth-order valence-electron chi connectivity index (χ4n) is 2.01. The lowest BCUT2D eigenvalue weighted by molar-refractivity contribution is 0.512. The van der Waals surface area contributed by atoms with Crippen molar-refractivity contribution < 1.29 is 8.78 Å². The van der Waals surface area contributed by atoms with Crippen molar-refractivity contribution in [3.8, 4) is 0 Å². The molecule has 3 aromatic rings. The van der Waals surface area contributed by atoms with E-state index in [0.717, 1.165) is 11.6 Å². The van der Waals surface area contributed by atoms with Gasteiger partial charge in [0.1, 0.15) is 5.52 Å². The molecular formula is C13H9F2N3S. The van der Waals surface area contributed by atoms with E-state index in [2.05, 4.69) is 9.97 Å². The molecule has 96 valence electrons. The van der Waals surface area contributed by atoms with E-state index in [9.17, 15) is 8.78 Å². The van der Waals surface area contributed by atoms with Gasteiger partial charge in [0.25, 0.3) is 0 Å². The highest BCUT2D eigenvalue weighted by Crippen LogP contribution is 2.21. The Morgan fingerprint density at radius 2 is 2.11 bits per heavy atom. The molecule has 0 unspecified atom stereocenters. The maximum absolute atomic E-state index is 13.9. The third-order valence-electron chi connectivity index (χ3n) is 2.89. The number of pyridine rings is 1. The number of hydrogen-bond donors (Lipinski definition) is 1. The topological polar surface area (TPSA) is 33.6 Å². The van der Waals surface area contributed by atoms with Gasteiger partial charge < -0.3 is 9.55 Å². The van der Waals surface area contributed by atoms with E-state index in [1.54, 1.807) is 18.5 Å². The summed E-state index contributed by atoms with van der Waals surface area (Å²) in [4.78, 5) is 6.86. The van der Waals surface area contributed by atoms with Crippen LogP contribution < -0.4 is 0 Å². The zero-order valence-corrected chi connectivity index (χ0v) is 10.5. The number of fused-ring (bicyclic) bond motifs is 1. The lowest BCUT2D eigenvalue weighted by Gasteiger charge is -2.05. The van der Waals surface area contributed by atoms with Crippen molar-refractivity contribution >= 4 is 23.3 Å². The maximum Gasteiger partial charge on any atom is 0.184 e. The van der Waals surface area contributed by atoms with Crippen molar-refractivity contribution in [2.75, 3.05) is 0 Å². The first-order valence-corrected chi connectivity index (χ1v) is 6.03. The summed E-state index contributed by atoms with van der Waals surface area (Å²) >= 11 is 5.15. The molecule has 3 nitrogen and oxygen atoms in total. The monoisotopic (exact) mass is 277 g/mol. The Hall–Kier alpha value is -2.08. The van der Waals surface area contributed by atoms with E-state index >= 15 is 0 Å². The first-order chi connectivity index (χ1) is 9.16. The largest absolute Gasteiger partial charge is 0.330 e. The Bertz CT molecular complexity index is 793. The second-order valence-corrected chi connectivity index (χ2v) is 4.52. The smallest absolute Gasteiger partial charge is 0.184 e. The van der Waals surface area contributed by atoms with Crippen LogP contribution in [0.2, 0.25) is 0 Å². The fraction of sp³-hybridized carbons (Fsp3) is 0.0769. The van der Waals surface area contributed by atoms with E-state index in [1.165, 1.54) is 10.6 Å². The molecule has 0 amide bonds. The molecule has 0 aliphatic rings. The Morgan fingerprint density at radius 1 is 1.26 bits per heavy atom. The lowest BCUT2D eigenvalue weighted by Crippen LogP contribution is -2.02. The molecule has 6 heteroatoms. The summed E-state index contributed by atoms with van der Waals surface area (Å²) in [6.45, 7) is 0.340. The molecule has 3 rings (SSSR count). The van der Waals surface area contributed by atoms with Gasteiger partial charge in [-0.1, -0.05) is 6.07 Å². The molecule has 19 heavy (non-hydrogen) atoms. The molecule has 1 aromatic carbocycles. The second-order valence-electron chi connectivity index (χ2n) is 4.14. The van der Waals surface area contributed by atoms with Crippen LogP contribution in [0, 0.1) is 16.4 Å². The van der Waals surface area contributed by atoms with Crippen LogP contribution in [0.4, 0.5) is 8.78 Å². The third-order valence-corrected chi connectivity index (χ3v) is 3.21. The minimum Gasteiger partial charge on any atom is -0.330 e. The quantitative estimate of drug-likeness (QED) is 0.728. The normalized spacial score (nSPS) is 11.1. The minimum atomic E-state index is -0.895. The van der Waals surface area contributed by atoms with Crippen LogP contribution in [0.5, 0.6) is 0 Å². The lowest BCUT2D eigenvalue weighted by atomic mass is 10.2. The molecule has 0 bridgehead atoms. The molecule has 0 radical (unpaired) electrons. The van der Waals surface area contributed by atoms with Gasteiger partial charge in [-0.3, -0.25) is 4.98 Å². The number of aromatic amines is 1. The van der Waals surface area contributed by atoms with Gasteiger partial charge in [-0.2, -0.15) is 0 Å². The van der Waals surface area contributed by atoms with Crippen molar-refractivity contribution in [3.63, 3.8) is 0 Å². The summed E-state index contributed by atoms with van der Waals surface area (Å²) in [5, 5.41) is 0. The van der Waals surface area contributed by atoms with Gasteiger partial charge in [0, 0.05) is 12.4 Å². The highest BCUT2D eigenvalue weighted by molar-refractivity contribution is 7.71. The number of rotatable bonds is 2. The van der Waals surface area contributed by atoms with E-state index in [1.807, 2.05) is 6.07 Å². The molecule has 0 saturated carbocycles. The fourth-order valence-corrected chi connectivity index (χ4v) is 2.28. The standard InChI is InChI=1S/C13H9F2N3S/c14-9-3-4-10-12(11(9)15)18(13(19)17-10)7-8-2-1-5-16-6-8/h1-6H,7H2,(H,17,19). The zero-order chi connectivity index (χ0) is 13.4. The van der Waals surface area contributed by atoms with E-state index in [-0.39, 0.29) is 5.52 Å². The van der Waals surface area contributed by atoms with Crippen molar-refractivity contribution in [2.45, 2.75) is 6.54 Å². The van der Waals surface area contributed by atoms with Gasteiger partial charge in [0.15, 0.2) is 16.4 Å². The van der Waals surface area contributed by atoms with Gasteiger partial charge >= 0.3 is 0 Å². The van der Waals surface area contributed by atoms with Crippen LogP contribution in [0.15, 0.2) is 36.7 Å². The molecule has 0 spiro atoms. The number of aromatic nitrogens is 3. The molecule has 0 aliphatic carbocycles.